The second-order valence-electron chi connectivity index (χ2n) is 7.41. The molecule has 1 saturated carbocycles. The van der Waals surface area contributed by atoms with E-state index in [1.165, 1.54) is 51.6 Å². The van der Waals surface area contributed by atoms with E-state index in [1.54, 1.807) is 0 Å². The van der Waals surface area contributed by atoms with Crippen LogP contribution in [-0.4, -0.2) is 49.7 Å². The molecule has 1 heterocycles. The molecule has 1 aromatic carbocycles. The van der Waals surface area contributed by atoms with Crippen molar-refractivity contribution in [3.8, 4) is 11.5 Å². The highest BCUT2D eigenvalue weighted by Crippen LogP contribution is 2.27. The van der Waals surface area contributed by atoms with Crippen molar-refractivity contribution in [3.05, 3.63) is 24.3 Å². The van der Waals surface area contributed by atoms with Crippen molar-refractivity contribution in [1.82, 2.24) is 10.2 Å². The first kappa shape index (κ1) is 19.0. The second-order valence-corrected chi connectivity index (χ2v) is 7.41. The smallest absolute Gasteiger partial charge is 0.257 e. The number of carbonyl (C=O) groups is 1. The van der Waals surface area contributed by atoms with Gasteiger partial charge in [-0.25, -0.2) is 0 Å². The molecule has 0 aromatic heterocycles. The lowest BCUT2D eigenvalue weighted by Gasteiger charge is -2.36. The molecule has 1 aromatic rings. The summed E-state index contributed by atoms with van der Waals surface area (Å²) < 4.78 is 10.9. The van der Waals surface area contributed by atoms with Crippen LogP contribution in [0.4, 0.5) is 0 Å². The van der Waals surface area contributed by atoms with Crippen molar-refractivity contribution in [2.24, 2.45) is 5.92 Å². The number of carbonyl (C=O) groups excluding carboxylic acids is 1. The first-order valence-electron chi connectivity index (χ1n) is 10.1. The van der Waals surface area contributed by atoms with Gasteiger partial charge >= 0.3 is 0 Å². The van der Waals surface area contributed by atoms with Crippen molar-refractivity contribution < 1.29 is 14.3 Å². The van der Waals surface area contributed by atoms with E-state index >= 15 is 0 Å². The number of nitrogens with one attached hydrogen (secondary N) is 1. The van der Waals surface area contributed by atoms with Crippen molar-refractivity contribution in [1.29, 1.82) is 0 Å². The average Bonchev–Trinajstić information content (AvgIpc) is 3.21. The van der Waals surface area contributed by atoms with Gasteiger partial charge in [0, 0.05) is 12.6 Å². The van der Waals surface area contributed by atoms with E-state index in [9.17, 15) is 4.79 Å². The van der Waals surface area contributed by atoms with Crippen LogP contribution in [0.1, 0.15) is 45.4 Å². The summed E-state index contributed by atoms with van der Waals surface area (Å²) in [6.45, 7) is 5.80. The fourth-order valence-electron chi connectivity index (χ4n) is 4.05. The molecule has 1 amide bonds. The van der Waals surface area contributed by atoms with Crippen LogP contribution in [0.15, 0.2) is 24.3 Å². The molecular weight excluding hydrogens is 328 g/mol. The van der Waals surface area contributed by atoms with Crippen LogP contribution in [0.25, 0.3) is 0 Å². The predicted octanol–water partition coefficient (Wildman–Crippen LogP) is 3.23. The summed E-state index contributed by atoms with van der Waals surface area (Å²) in [6.07, 6.45) is 7.94. The molecule has 1 aliphatic heterocycles. The topological polar surface area (TPSA) is 50.8 Å². The first-order chi connectivity index (χ1) is 12.7. The molecular formula is C21H32N2O3. The number of nitrogens with zero attached hydrogens (tertiary/aromatic N) is 1. The Morgan fingerprint density at radius 2 is 1.65 bits per heavy atom. The lowest BCUT2D eigenvalue weighted by molar-refractivity contribution is -0.123. The molecule has 2 fully saturated rings. The van der Waals surface area contributed by atoms with E-state index in [4.69, 9.17) is 9.47 Å². The normalized spacial score (nSPS) is 19.4. The van der Waals surface area contributed by atoms with E-state index in [-0.39, 0.29) is 12.5 Å². The molecule has 3 rings (SSSR count). The third kappa shape index (κ3) is 5.63. The van der Waals surface area contributed by atoms with Crippen molar-refractivity contribution in [2.75, 3.05) is 32.8 Å². The summed E-state index contributed by atoms with van der Waals surface area (Å²) in [5.74, 6) is 2.06. The molecule has 5 heteroatoms. The van der Waals surface area contributed by atoms with E-state index in [0.717, 1.165) is 18.3 Å². The highest BCUT2D eigenvalue weighted by molar-refractivity contribution is 5.77. The summed E-state index contributed by atoms with van der Waals surface area (Å²) in [5, 5.41) is 3.03. The van der Waals surface area contributed by atoms with Gasteiger partial charge in [-0.05, 0) is 75.9 Å². The molecule has 0 bridgehead atoms. The fourth-order valence-corrected chi connectivity index (χ4v) is 4.05. The van der Waals surface area contributed by atoms with Gasteiger partial charge < -0.3 is 19.7 Å². The summed E-state index contributed by atoms with van der Waals surface area (Å²) in [4.78, 5) is 14.7. The van der Waals surface area contributed by atoms with Gasteiger partial charge in [0.25, 0.3) is 5.91 Å². The maximum Gasteiger partial charge on any atom is 0.257 e. The zero-order valence-electron chi connectivity index (χ0n) is 15.9. The number of piperidine rings is 1. The fraction of sp³-hybridized carbons (Fsp3) is 0.667. The highest BCUT2D eigenvalue weighted by Gasteiger charge is 2.27. The van der Waals surface area contributed by atoms with Crippen LogP contribution in [0.3, 0.4) is 0 Å². The van der Waals surface area contributed by atoms with Crippen LogP contribution in [-0.2, 0) is 4.79 Å². The van der Waals surface area contributed by atoms with E-state index in [2.05, 4.69) is 10.2 Å². The van der Waals surface area contributed by atoms with Crippen LogP contribution < -0.4 is 14.8 Å². The quantitative estimate of drug-likeness (QED) is 0.773. The highest BCUT2D eigenvalue weighted by atomic mass is 16.5. The molecule has 1 N–H and O–H groups in total. The maximum absolute atomic E-state index is 12.0. The van der Waals surface area contributed by atoms with Gasteiger partial charge in [0.2, 0.25) is 0 Å². The maximum atomic E-state index is 12.0. The monoisotopic (exact) mass is 360 g/mol. The third-order valence-corrected chi connectivity index (χ3v) is 5.58. The minimum absolute atomic E-state index is 0.0443. The molecule has 0 radical (unpaired) electrons. The number of amides is 1. The summed E-state index contributed by atoms with van der Waals surface area (Å²) in [7, 11) is 0. The number of rotatable bonds is 8. The number of ether oxygens (including phenoxy) is 2. The van der Waals surface area contributed by atoms with Crippen LogP contribution in [0.5, 0.6) is 11.5 Å². The summed E-state index contributed by atoms with van der Waals surface area (Å²) >= 11 is 0. The largest absolute Gasteiger partial charge is 0.494 e. The SMILES string of the molecule is CCOc1ccc(OCC(=O)NCC2CCN(C3CCCC3)CC2)cc1. The number of hydrogen-bond donors (Lipinski definition) is 1. The van der Waals surface area contributed by atoms with Crippen LogP contribution >= 0.6 is 0 Å². The number of likely N-dealkylation sites (tertiary alicyclic amines) is 1. The minimum atomic E-state index is -0.0443. The van der Waals surface area contributed by atoms with Crippen LogP contribution in [0, 0.1) is 5.92 Å². The van der Waals surface area contributed by atoms with Gasteiger partial charge in [0.05, 0.1) is 6.61 Å². The number of hydrogen-bond acceptors (Lipinski definition) is 4. The third-order valence-electron chi connectivity index (χ3n) is 5.58. The molecule has 1 saturated heterocycles. The lowest BCUT2D eigenvalue weighted by atomic mass is 9.95. The minimum Gasteiger partial charge on any atom is -0.494 e. The Morgan fingerprint density at radius 1 is 1.04 bits per heavy atom. The van der Waals surface area contributed by atoms with E-state index in [0.29, 0.717) is 18.3 Å². The summed E-state index contributed by atoms with van der Waals surface area (Å²) in [6, 6.07) is 8.20. The standard InChI is InChI=1S/C21H32N2O3/c1-2-25-19-7-9-20(10-8-19)26-16-21(24)22-15-17-11-13-23(14-12-17)18-5-3-4-6-18/h7-10,17-18H,2-6,11-16H2,1H3,(H,22,24). The van der Waals surface area contributed by atoms with Gasteiger partial charge in [-0.15, -0.1) is 0 Å². The lowest BCUT2D eigenvalue weighted by Crippen LogP contribution is -2.43. The molecule has 0 atom stereocenters. The van der Waals surface area contributed by atoms with Crippen molar-refractivity contribution in [3.63, 3.8) is 0 Å². The Hall–Kier alpha value is -1.75. The van der Waals surface area contributed by atoms with Gasteiger partial charge in [-0.1, -0.05) is 12.8 Å². The van der Waals surface area contributed by atoms with Gasteiger partial charge in [0.15, 0.2) is 6.61 Å². The zero-order valence-corrected chi connectivity index (χ0v) is 15.9. The average molecular weight is 360 g/mol. The molecule has 5 nitrogen and oxygen atoms in total. The van der Waals surface area contributed by atoms with E-state index < -0.39 is 0 Å². The zero-order chi connectivity index (χ0) is 18.2. The molecule has 26 heavy (non-hydrogen) atoms. The molecule has 144 valence electrons. The predicted molar refractivity (Wildman–Crippen MR) is 103 cm³/mol. The van der Waals surface area contributed by atoms with E-state index in [1.807, 2.05) is 31.2 Å². The number of benzene rings is 1. The first-order valence-corrected chi connectivity index (χ1v) is 10.1. The summed E-state index contributed by atoms with van der Waals surface area (Å²) in [5.41, 5.74) is 0. The Balaban J connectivity index is 1.30. The Bertz CT molecular complexity index is 547. The molecule has 1 aliphatic carbocycles. The van der Waals surface area contributed by atoms with Crippen molar-refractivity contribution >= 4 is 5.91 Å². The van der Waals surface area contributed by atoms with Gasteiger partial charge in [-0.2, -0.15) is 0 Å². The molecule has 0 unspecified atom stereocenters. The molecule has 0 spiro atoms. The van der Waals surface area contributed by atoms with Gasteiger partial charge in [-0.3, -0.25) is 4.79 Å². The van der Waals surface area contributed by atoms with Crippen LogP contribution in [0.2, 0.25) is 0 Å². The van der Waals surface area contributed by atoms with Crippen molar-refractivity contribution in [2.45, 2.75) is 51.5 Å². The Kier molecular flexibility index (Phi) is 7.18. The molecule has 2 aliphatic rings. The second kappa shape index (κ2) is 9.81. The van der Waals surface area contributed by atoms with Gasteiger partial charge in [0.1, 0.15) is 11.5 Å². The Labute approximate surface area is 157 Å². The Morgan fingerprint density at radius 3 is 2.27 bits per heavy atom.